The summed E-state index contributed by atoms with van der Waals surface area (Å²) >= 11 is 0. The standard InChI is InChI=1S/C13H24N2O3/c1-3-4-5-6-8-15-9-7-14-13(17)11(15)10-12(16)18-2/h11H,3-10H2,1-2H3,(H,14,17). The van der Waals surface area contributed by atoms with Gasteiger partial charge in [-0.25, -0.2) is 0 Å². The number of nitrogens with zero attached hydrogens (tertiary/aromatic N) is 1. The highest BCUT2D eigenvalue weighted by molar-refractivity contribution is 5.87. The minimum absolute atomic E-state index is 0.0536. The molecule has 18 heavy (non-hydrogen) atoms. The molecule has 1 unspecified atom stereocenters. The number of esters is 1. The van der Waals surface area contributed by atoms with Gasteiger partial charge in [0.15, 0.2) is 0 Å². The van der Waals surface area contributed by atoms with Gasteiger partial charge in [-0.2, -0.15) is 0 Å². The number of carbonyl (C=O) groups excluding carboxylic acids is 2. The summed E-state index contributed by atoms with van der Waals surface area (Å²) in [4.78, 5) is 25.2. The van der Waals surface area contributed by atoms with Crippen LogP contribution < -0.4 is 5.32 Å². The molecule has 0 spiro atoms. The van der Waals surface area contributed by atoms with Gasteiger partial charge in [0, 0.05) is 13.1 Å². The molecule has 0 saturated carbocycles. The molecule has 0 radical (unpaired) electrons. The average molecular weight is 256 g/mol. The first-order valence-corrected chi connectivity index (χ1v) is 6.77. The van der Waals surface area contributed by atoms with Gasteiger partial charge in [-0.1, -0.05) is 26.2 Å². The Kier molecular flexibility index (Phi) is 6.72. The highest BCUT2D eigenvalue weighted by atomic mass is 16.5. The first-order chi connectivity index (χ1) is 8.69. The molecule has 0 aliphatic carbocycles. The molecule has 1 rings (SSSR count). The molecule has 5 heteroatoms. The molecule has 1 atom stereocenters. The number of unbranched alkanes of at least 4 members (excludes halogenated alkanes) is 3. The fraction of sp³-hybridized carbons (Fsp3) is 0.846. The fourth-order valence-electron chi connectivity index (χ4n) is 2.23. The summed E-state index contributed by atoms with van der Waals surface area (Å²) < 4.78 is 4.65. The summed E-state index contributed by atoms with van der Waals surface area (Å²) in [5.74, 6) is -0.377. The molecular formula is C13H24N2O3. The van der Waals surface area contributed by atoms with Gasteiger partial charge in [-0.05, 0) is 13.0 Å². The predicted molar refractivity (Wildman–Crippen MR) is 69.1 cm³/mol. The number of hydrogen-bond donors (Lipinski definition) is 1. The molecule has 5 nitrogen and oxygen atoms in total. The predicted octanol–water partition coefficient (Wildman–Crippen LogP) is 0.930. The maximum Gasteiger partial charge on any atom is 0.307 e. The number of piperazine rings is 1. The van der Waals surface area contributed by atoms with Crippen LogP contribution in [0.2, 0.25) is 0 Å². The topological polar surface area (TPSA) is 58.6 Å². The van der Waals surface area contributed by atoms with Crippen LogP contribution in [0.3, 0.4) is 0 Å². The van der Waals surface area contributed by atoms with Crippen LogP contribution in [0.5, 0.6) is 0 Å². The third kappa shape index (κ3) is 4.64. The third-order valence-electron chi connectivity index (χ3n) is 3.33. The van der Waals surface area contributed by atoms with Gasteiger partial charge < -0.3 is 10.1 Å². The number of amides is 1. The van der Waals surface area contributed by atoms with Crippen molar-refractivity contribution in [2.24, 2.45) is 0 Å². The van der Waals surface area contributed by atoms with Crippen LogP contribution in [-0.2, 0) is 14.3 Å². The molecule has 1 saturated heterocycles. The number of hydrogen-bond acceptors (Lipinski definition) is 4. The zero-order chi connectivity index (χ0) is 13.4. The second kappa shape index (κ2) is 8.08. The Balaban J connectivity index is 2.44. The molecule has 0 bridgehead atoms. The van der Waals surface area contributed by atoms with Crippen molar-refractivity contribution in [3.8, 4) is 0 Å². The van der Waals surface area contributed by atoms with Crippen molar-refractivity contribution >= 4 is 11.9 Å². The lowest BCUT2D eigenvalue weighted by Gasteiger charge is -2.34. The summed E-state index contributed by atoms with van der Waals surface area (Å²) in [6.07, 6.45) is 4.84. The first-order valence-electron chi connectivity index (χ1n) is 6.77. The Morgan fingerprint density at radius 1 is 1.44 bits per heavy atom. The van der Waals surface area contributed by atoms with Crippen molar-refractivity contribution in [2.75, 3.05) is 26.7 Å². The lowest BCUT2D eigenvalue weighted by molar-refractivity contribution is -0.145. The van der Waals surface area contributed by atoms with Crippen LogP contribution in [0.25, 0.3) is 0 Å². The molecule has 104 valence electrons. The summed E-state index contributed by atoms with van der Waals surface area (Å²) in [7, 11) is 1.36. The van der Waals surface area contributed by atoms with E-state index < -0.39 is 0 Å². The Hall–Kier alpha value is -1.10. The molecule has 0 aromatic heterocycles. The van der Waals surface area contributed by atoms with Crippen molar-refractivity contribution in [3.05, 3.63) is 0 Å². The quantitative estimate of drug-likeness (QED) is 0.544. The Morgan fingerprint density at radius 3 is 2.89 bits per heavy atom. The van der Waals surface area contributed by atoms with Crippen molar-refractivity contribution in [1.29, 1.82) is 0 Å². The van der Waals surface area contributed by atoms with E-state index in [0.29, 0.717) is 6.54 Å². The molecule has 1 N–H and O–H groups in total. The van der Waals surface area contributed by atoms with Crippen LogP contribution in [-0.4, -0.2) is 49.6 Å². The minimum atomic E-state index is -0.354. The molecular weight excluding hydrogens is 232 g/mol. The van der Waals surface area contributed by atoms with E-state index in [1.165, 1.54) is 26.4 Å². The Labute approximate surface area is 109 Å². The lowest BCUT2D eigenvalue weighted by atomic mass is 10.1. The van der Waals surface area contributed by atoms with Crippen LogP contribution in [0.4, 0.5) is 0 Å². The fourth-order valence-corrected chi connectivity index (χ4v) is 2.23. The van der Waals surface area contributed by atoms with Crippen LogP contribution in [0, 0.1) is 0 Å². The zero-order valence-corrected chi connectivity index (χ0v) is 11.4. The largest absolute Gasteiger partial charge is 0.469 e. The SMILES string of the molecule is CCCCCCN1CCNC(=O)C1CC(=O)OC. The second-order valence-electron chi connectivity index (χ2n) is 4.68. The number of nitrogens with one attached hydrogen (secondary N) is 1. The molecule has 0 aromatic rings. The summed E-state index contributed by atoms with van der Waals surface area (Å²) in [5.41, 5.74) is 0. The van der Waals surface area contributed by atoms with Gasteiger partial charge in [0.05, 0.1) is 19.6 Å². The molecule has 1 heterocycles. The van der Waals surface area contributed by atoms with E-state index in [-0.39, 0.29) is 24.3 Å². The zero-order valence-electron chi connectivity index (χ0n) is 11.4. The molecule has 1 aliphatic heterocycles. The van der Waals surface area contributed by atoms with Crippen LogP contribution in [0.15, 0.2) is 0 Å². The van der Waals surface area contributed by atoms with Crippen molar-refractivity contribution in [2.45, 2.75) is 45.1 Å². The summed E-state index contributed by atoms with van der Waals surface area (Å²) in [6, 6.07) is -0.354. The van der Waals surface area contributed by atoms with E-state index in [0.717, 1.165) is 19.5 Å². The highest BCUT2D eigenvalue weighted by Crippen LogP contribution is 2.11. The molecule has 1 aliphatic rings. The maximum atomic E-state index is 11.8. The van der Waals surface area contributed by atoms with E-state index in [1.54, 1.807) is 0 Å². The monoisotopic (exact) mass is 256 g/mol. The van der Waals surface area contributed by atoms with Gasteiger partial charge >= 0.3 is 5.97 Å². The maximum absolute atomic E-state index is 11.8. The van der Waals surface area contributed by atoms with Crippen molar-refractivity contribution in [3.63, 3.8) is 0 Å². The first kappa shape index (κ1) is 15.0. The van der Waals surface area contributed by atoms with Gasteiger partial charge in [0.25, 0.3) is 0 Å². The average Bonchev–Trinajstić information content (AvgIpc) is 2.38. The van der Waals surface area contributed by atoms with Crippen LogP contribution in [0.1, 0.15) is 39.0 Å². The number of rotatable bonds is 7. The van der Waals surface area contributed by atoms with E-state index >= 15 is 0 Å². The van der Waals surface area contributed by atoms with E-state index in [9.17, 15) is 9.59 Å². The normalized spacial score (nSPS) is 20.6. The number of methoxy groups -OCH3 is 1. The summed E-state index contributed by atoms with van der Waals surface area (Å²) in [6.45, 7) is 4.55. The van der Waals surface area contributed by atoms with Gasteiger partial charge in [0.1, 0.15) is 0 Å². The smallest absolute Gasteiger partial charge is 0.307 e. The van der Waals surface area contributed by atoms with Crippen molar-refractivity contribution in [1.82, 2.24) is 10.2 Å². The van der Waals surface area contributed by atoms with E-state index in [1.807, 2.05) is 0 Å². The van der Waals surface area contributed by atoms with Gasteiger partial charge in [0.2, 0.25) is 5.91 Å². The van der Waals surface area contributed by atoms with Gasteiger partial charge in [-0.15, -0.1) is 0 Å². The highest BCUT2D eigenvalue weighted by Gasteiger charge is 2.31. The molecule has 1 fully saturated rings. The van der Waals surface area contributed by atoms with Gasteiger partial charge in [-0.3, -0.25) is 14.5 Å². The van der Waals surface area contributed by atoms with Crippen LogP contribution >= 0.6 is 0 Å². The van der Waals surface area contributed by atoms with E-state index in [2.05, 4.69) is 21.9 Å². The lowest BCUT2D eigenvalue weighted by Crippen LogP contribution is -2.56. The minimum Gasteiger partial charge on any atom is -0.469 e. The molecule has 1 amide bonds. The van der Waals surface area contributed by atoms with E-state index in [4.69, 9.17) is 0 Å². The summed E-state index contributed by atoms with van der Waals surface area (Å²) in [5, 5.41) is 2.80. The molecule has 0 aromatic carbocycles. The third-order valence-corrected chi connectivity index (χ3v) is 3.33. The number of carbonyl (C=O) groups is 2. The second-order valence-corrected chi connectivity index (χ2v) is 4.68. The Morgan fingerprint density at radius 2 is 2.22 bits per heavy atom. The van der Waals surface area contributed by atoms with Crippen molar-refractivity contribution < 1.29 is 14.3 Å². The Bertz CT molecular complexity index is 281. The number of ether oxygens (including phenoxy) is 1.